The number of carbonyl (C=O) groups is 1. The number of nitrogens with zero attached hydrogens (tertiary/aromatic N) is 3. The number of benzene rings is 2. The number of carbonyl (C=O) groups excluding carboxylic acids is 1. The van der Waals surface area contributed by atoms with Crippen molar-refractivity contribution >= 4 is 43.6 Å². The molecule has 8 nitrogen and oxygen atoms in total. The monoisotopic (exact) mass is 472 g/mol. The molecule has 0 bridgehead atoms. The Bertz CT molecular complexity index is 1200. The minimum absolute atomic E-state index is 0.0959. The van der Waals surface area contributed by atoms with Gasteiger partial charge in [-0.1, -0.05) is 12.1 Å². The van der Waals surface area contributed by atoms with Crippen LogP contribution in [0.4, 0.5) is 16.5 Å². The summed E-state index contributed by atoms with van der Waals surface area (Å²) in [6.07, 6.45) is 1.17. The SMILES string of the molecule is COc1ccccc1N1CCN(C(=O)c2csc(Nc3ccc(S(C)(=O)=O)cc3)n2)CC1. The average molecular weight is 473 g/mol. The van der Waals surface area contributed by atoms with Gasteiger partial charge < -0.3 is 19.9 Å². The van der Waals surface area contributed by atoms with E-state index in [0.29, 0.717) is 42.7 Å². The summed E-state index contributed by atoms with van der Waals surface area (Å²) in [7, 11) is -1.58. The Morgan fingerprint density at radius 2 is 1.75 bits per heavy atom. The summed E-state index contributed by atoms with van der Waals surface area (Å²) in [6, 6.07) is 14.3. The van der Waals surface area contributed by atoms with Crippen LogP contribution in [0.2, 0.25) is 0 Å². The second-order valence-corrected chi connectivity index (χ2v) is 10.3. The molecule has 1 saturated heterocycles. The Balaban J connectivity index is 1.37. The van der Waals surface area contributed by atoms with Crippen molar-refractivity contribution in [1.82, 2.24) is 9.88 Å². The van der Waals surface area contributed by atoms with Crippen LogP contribution in [-0.4, -0.2) is 63.8 Å². The first-order valence-corrected chi connectivity index (χ1v) is 12.8. The zero-order valence-corrected chi connectivity index (χ0v) is 19.4. The van der Waals surface area contributed by atoms with Crippen LogP contribution in [0.25, 0.3) is 0 Å². The van der Waals surface area contributed by atoms with Crippen molar-refractivity contribution in [2.45, 2.75) is 4.90 Å². The number of sulfone groups is 1. The fourth-order valence-electron chi connectivity index (χ4n) is 3.54. The molecule has 168 valence electrons. The van der Waals surface area contributed by atoms with Gasteiger partial charge in [-0.25, -0.2) is 13.4 Å². The maximum atomic E-state index is 12.9. The van der Waals surface area contributed by atoms with E-state index in [1.807, 2.05) is 29.2 Å². The smallest absolute Gasteiger partial charge is 0.273 e. The van der Waals surface area contributed by atoms with Crippen molar-refractivity contribution in [3.63, 3.8) is 0 Å². The summed E-state index contributed by atoms with van der Waals surface area (Å²) in [5, 5.41) is 5.44. The molecule has 1 aliphatic rings. The molecule has 1 aromatic heterocycles. The molecule has 1 N–H and O–H groups in total. The lowest BCUT2D eigenvalue weighted by Crippen LogP contribution is -2.49. The van der Waals surface area contributed by atoms with Gasteiger partial charge in [0.05, 0.1) is 17.7 Å². The number of hydrogen-bond acceptors (Lipinski definition) is 8. The second kappa shape index (κ2) is 9.17. The first-order valence-electron chi connectivity index (χ1n) is 10.0. The van der Waals surface area contributed by atoms with Crippen LogP contribution in [-0.2, 0) is 9.84 Å². The topological polar surface area (TPSA) is 91.8 Å². The van der Waals surface area contributed by atoms with Gasteiger partial charge in [-0.3, -0.25) is 4.79 Å². The quantitative estimate of drug-likeness (QED) is 0.589. The number of hydrogen-bond donors (Lipinski definition) is 1. The number of methoxy groups -OCH3 is 1. The largest absolute Gasteiger partial charge is 0.495 e. The van der Waals surface area contributed by atoms with E-state index in [1.165, 1.54) is 17.6 Å². The van der Waals surface area contributed by atoms with E-state index in [2.05, 4.69) is 15.2 Å². The highest BCUT2D eigenvalue weighted by Gasteiger charge is 2.25. The molecule has 0 aliphatic carbocycles. The van der Waals surface area contributed by atoms with Crippen LogP contribution >= 0.6 is 11.3 Å². The third kappa shape index (κ3) is 4.86. The lowest BCUT2D eigenvalue weighted by atomic mass is 10.2. The van der Waals surface area contributed by atoms with Gasteiger partial charge in [-0.2, -0.15) is 0 Å². The molecule has 1 amide bonds. The fourth-order valence-corrected chi connectivity index (χ4v) is 4.88. The molecule has 0 atom stereocenters. The number of ether oxygens (including phenoxy) is 1. The number of amides is 1. The van der Waals surface area contributed by atoms with Gasteiger partial charge in [0.2, 0.25) is 0 Å². The van der Waals surface area contributed by atoms with Gasteiger partial charge in [-0.05, 0) is 36.4 Å². The molecule has 1 aliphatic heterocycles. The molecule has 32 heavy (non-hydrogen) atoms. The molecule has 10 heteroatoms. The zero-order valence-electron chi connectivity index (χ0n) is 17.8. The molecule has 0 radical (unpaired) electrons. The summed E-state index contributed by atoms with van der Waals surface area (Å²) in [5.41, 5.74) is 2.14. The first-order chi connectivity index (χ1) is 15.3. The molecule has 0 unspecified atom stereocenters. The van der Waals surface area contributed by atoms with Crippen molar-refractivity contribution in [2.24, 2.45) is 0 Å². The third-order valence-corrected chi connectivity index (χ3v) is 7.14. The Kier molecular flexibility index (Phi) is 6.33. The lowest BCUT2D eigenvalue weighted by Gasteiger charge is -2.36. The zero-order chi connectivity index (χ0) is 22.7. The van der Waals surface area contributed by atoms with Gasteiger partial charge in [0.25, 0.3) is 5.91 Å². The highest BCUT2D eigenvalue weighted by atomic mass is 32.2. The number of rotatable bonds is 6. The summed E-state index contributed by atoms with van der Waals surface area (Å²) in [5.74, 6) is 0.730. The lowest BCUT2D eigenvalue weighted by molar-refractivity contribution is 0.0741. The van der Waals surface area contributed by atoms with E-state index in [0.717, 1.165) is 11.4 Å². The minimum atomic E-state index is -3.24. The Morgan fingerprint density at radius 3 is 2.41 bits per heavy atom. The molecule has 0 saturated carbocycles. The standard InChI is InChI=1S/C22H24N4O4S2/c1-30-20-6-4-3-5-19(20)25-11-13-26(14-12-25)21(27)18-15-31-22(24-18)23-16-7-9-17(10-8-16)32(2,28)29/h3-10,15H,11-14H2,1-2H3,(H,23,24). The highest BCUT2D eigenvalue weighted by molar-refractivity contribution is 7.90. The summed E-state index contributed by atoms with van der Waals surface area (Å²) >= 11 is 1.33. The number of thiazole rings is 1. The summed E-state index contributed by atoms with van der Waals surface area (Å²) in [4.78, 5) is 21.6. The molecular formula is C22H24N4O4S2. The predicted octanol–water partition coefficient (Wildman–Crippen LogP) is 3.26. The molecule has 2 aromatic carbocycles. The Morgan fingerprint density at radius 1 is 1.06 bits per heavy atom. The fraction of sp³-hybridized carbons (Fsp3) is 0.273. The van der Waals surface area contributed by atoms with E-state index in [-0.39, 0.29) is 10.8 Å². The van der Waals surface area contributed by atoms with Gasteiger partial charge in [-0.15, -0.1) is 11.3 Å². The van der Waals surface area contributed by atoms with E-state index in [4.69, 9.17) is 4.74 Å². The summed E-state index contributed by atoms with van der Waals surface area (Å²) in [6.45, 7) is 2.64. The minimum Gasteiger partial charge on any atom is -0.495 e. The van der Waals surface area contributed by atoms with Gasteiger partial charge in [0, 0.05) is 43.5 Å². The van der Waals surface area contributed by atoms with Crippen LogP contribution in [0, 0.1) is 0 Å². The van der Waals surface area contributed by atoms with Gasteiger partial charge >= 0.3 is 0 Å². The van der Waals surface area contributed by atoms with Crippen molar-refractivity contribution in [3.8, 4) is 5.75 Å². The van der Waals surface area contributed by atoms with Gasteiger partial charge in [0.1, 0.15) is 11.4 Å². The third-order valence-electron chi connectivity index (χ3n) is 5.25. The van der Waals surface area contributed by atoms with Crippen LogP contribution in [0.15, 0.2) is 58.8 Å². The first kappa shape index (κ1) is 22.1. The number of nitrogens with one attached hydrogen (secondary N) is 1. The molecule has 2 heterocycles. The molecule has 0 spiro atoms. The average Bonchev–Trinajstić information content (AvgIpc) is 3.27. The molecule has 4 rings (SSSR count). The van der Waals surface area contributed by atoms with Crippen LogP contribution in [0.3, 0.4) is 0 Å². The number of para-hydroxylation sites is 2. The van der Waals surface area contributed by atoms with Crippen LogP contribution in [0.1, 0.15) is 10.5 Å². The van der Waals surface area contributed by atoms with Crippen molar-refractivity contribution in [2.75, 3.05) is 49.8 Å². The number of piperazine rings is 1. The van der Waals surface area contributed by atoms with Crippen LogP contribution < -0.4 is 15.0 Å². The van der Waals surface area contributed by atoms with E-state index in [9.17, 15) is 13.2 Å². The maximum Gasteiger partial charge on any atom is 0.273 e. The summed E-state index contributed by atoms with van der Waals surface area (Å²) < 4.78 is 28.6. The molecule has 1 fully saturated rings. The molecular weight excluding hydrogens is 448 g/mol. The Hall–Kier alpha value is -3.11. The number of anilines is 3. The van der Waals surface area contributed by atoms with E-state index < -0.39 is 9.84 Å². The highest BCUT2D eigenvalue weighted by Crippen LogP contribution is 2.29. The van der Waals surface area contributed by atoms with Crippen molar-refractivity contribution < 1.29 is 17.9 Å². The van der Waals surface area contributed by atoms with Crippen LogP contribution in [0.5, 0.6) is 5.75 Å². The second-order valence-electron chi connectivity index (χ2n) is 7.41. The molecule has 3 aromatic rings. The van der Waals surface area contributed by atoms with Crippen molar-refractivity contribution in [3.05, 3.63) is 59.6 Å². The Labute approximate surface area is 191 Å². The number of aromatic nitrogens is 1. The van der Waals surface area contributed by atoms with Crippen molar-refractivity contribution in [1.29, 1.82) is 0 Å². The van der Waals surface area contributed by atoms with E-state index in [1.54, 1.807) is 36.8 Å². The normalized spacial score (nSPS) is 14.3. The van der Waals surface area contributed by atoms with Gasteiger partial charge in [0.15, 0.2) is 15.0 Å². The maximum absolute atomic E-state index is 12.9. The van der Waals surface area contributed by atoms with E-state index >= 15 is 0 Å². The predicted molar refractivity (Wildman–Crippen MR) is 126 cm³/mol.